The summed E-state index contributed by atoms with van der Waals surface area (Å²) in [6.45, 7) is 2.45. The van der Waals surface area contributed by atoms with Crippen LogP contribution in [0.2, 0.25) is 0 Å². The fourth-order valence-corrected chi connectivity index (χ4v) is 2.35. The van der Waals surface area contributed by atoms with Gasteiger partial charge in [-0.25, -0.2) is 9.97 Å². The topological polar surface area (TPSA) is 79.8 Å². The molecule has 0 aliphatic heterocycles. The Hall–Kier alpha value is -3.28. The van der Waals surface area contributed by atoms with Crippen molar-refractivity contribution in [3.63, 3.8) is 0 Å². The summed E-state index contributed by atoms with van der Waals surface area (Å²) in [7, 11) is 0. The zero-order valence-electron chi connectivity index (χ0n) is 13.9. The van der Waals surface area contributed by atoms with Crippen LogP contribution in [0.15, 0.2) is 67.1 Å². The SMILES string of the molecule is CC(Nc1nccc(C(=O)NCc2ccncc2)n1)c1ccccc1. The number of aromatic nitrogens is 3. The van der Waals surface area contributed by atoms with Gasteiger partial charge in [0.1, 0.15) is 5.69 Å². The molecule has 25 heavy (non-hydrogen) atoms. The fraction of sp³-hybridized carbons (Fsp3) is 0.158. The molecule has 0 spiro atoms. The van der Waals surface area contributed by atoms with Crippen molar-refractivity contribution in [3.8, 4) is 0 Å². The zero-order valence-corrected chi connectivity index (χ0v) is 13.9. The van der Waals surface area contributed by atoms with E-state index in [9.17, 15) is 4.79 Å². The molecular formula is C19H19N5O. The molecule has 0 saturated heterocycles. The van der Waals surface area contributed by atoms with Crippen LogP contribution >= 0.6 is 0 Å². The van der Waals surface area contributed by atoms with Crippen LogP contribution in [0.25, 0.3) is 0 Å². The lowest BCUT2D eigenvalue weighted by molar-refractivity contribution is 0.0946. The van der Waals surface area contributed by atoms with Gasteiger partial charge in [-0.2, -0.15) is 0 Å². The second kappa shape index (κ2) is 8.01. The van der Waals surface area contributed by atoms with Crippen LogP contribution in [0.3, 0.4) is 0 Å². The number of carbonyl (C=O) groups is 1. The molecule has 1 atom stereocenters. The zero-order chi connectivity index (χ0) is 17.5. The minimum Gasteiger partial charge on any atom is -0.348 e. The van der Waals surface area contributed by atoms with E-state index >= 15 is 0 Å². The van der Waals surface area contributed by atoms with Crippen molar-refractivity contribution in [2.45, 2.75) is 19.5 Å². The third-order valence-corrected chi connectivity index (χ3v) is 3.74. The lowest BCUT2D eigenvalue weighted by Gasteiger charge is -2.14. The van der Waals surface area contributed by atoms with E-state index in [2.05, 4.69) is 25.6 Å². The Morgan fingerprint density at radius 2 is 1.80 bits per heavy atom. The summed E-state index contributed by atoms with van der Waals surface area (Å²) in [5.41, 5.74) is 2.43. The molecule has 1 amide bonds. The number of amides is 1. The molecule has 0 saturated carbocycles. The van der Waals surface area contributed by atoms with Crippen molar-refractivity contribution in [1.82, 2.24) is 20.3 Å². The Labute approximate surface area is 146 Å². The van der Waals surface area contributed by atoms with Crippen molar-refractivity contribution in [2.75, 3.05) is 5.32 Å². The van der Waals surface area contributed by atoms with Gasteiger partial charge in [0.2, 0.25) is 5.95 Å². The van der Waals surface area contributed by atoms with Crippen LogP contribution in [0.5, 0.6) is 0 Å². The lowest BCUT2D eigenvalue weighted by Crippen LogP contribution is -2.24. The van der Waals surface area contributed by atoms with Crippen molar-refractivity contribution >= 4 is 11.9 Å². The van der Waals surface area contributed by atoms with Gasteiger partial charge < -0.3 is 10.6 Å². The second-order valence-electron chi connectivity index (χ2n) is 5.58. The molecule has 0 fully saturated rings. The highest BCUT2D eigenvalue weighted by atomic mass is 16.1. The maximum Gasteiger partial charge on any atom is 0.270 e. The van der Waals surface area contributed by atoms with Crippen LogP contribution in [-0.2, 0) is 6.54 Å². The summed E-state index contributed by atoms with van der Waals surface area (Å²) in [4.78, 5) is 24.7. The smallest absolute Gasteiger partial charge is 0.270 e. The largest absolute Gasteiger partial charge is 0.348 e. The molecule has 2 N–H and O–H groups in total. The van der Waals surface area contributed by atoms with E-state index in [-0.39, 0.29) is 11.9 Å². The van der Waals surface area contributed by atoms with Gasteiger partial charge in [-0.1, -0.05) is 30.3 Å². The minimum absolute atomic E-state index is 0.0383. The number of nitrogens with zero attached hydrogens (tertiary/aromatic N) is 3. The van der Waals surface area contributed by atoms with Crippen LogP contribution in [-0.4, -0.2) is 20.9 Å². The van der Waals surface area contributed by atoms with Crippen molar-refractivity contribution < 1.29 is 4.79 Å². The number of nitrogens with one attached hydrogen (secondary N) is 2. The Bertz CT molecular complexity index is 823. The van der Waals surface area contributed by atoms with E-state index in [1.165, 1.54) is 0 Å². The quantitative estimate of drug-likeness (QED) is 0.725. The highest BCUT2D eigenvalue weighted by Gasteiger charge is 2.11. The van der Waals surface area contributed by atoms with E-state index < -0.39 is 0 Å². The van der Waals surface area contributed by atoms with Crippen LogP contribution in [0.4, 0.5) is 5.95 Å². The molecule has 6 heteroatoms. The third-order valence-electron chi connectivity index (χ3n) is 3.74. The molecule has 3 rings (SSSR count). The Balaban J connectivity index is 1.63. The third kappa shape index (κ3) is 4.60. The number of benzene rings is 1. The number of hydrogen-bond donors (Lipinski definition) is 2. The van der Waals surface area contributed by atoms with E-state index in [1.807, 2.05) is 49.4 Å². The minimum atomic E-state index is -0.241. The molecule has 2 heterocycles. The van der Waals surface area contributed by atoms with E-state index in [4.69, 9.17) is 0 Å². The second-order valence-corrected chi connectivity index (χ2v) is 5.58. The van der Waals surface area contributed by atoms with Crippen molar-refractivity contribution in [1.29, 1.82) is 0 Å². The highest BCUT2D eigenvalue weighted by Crippen LogP contribution is 2.16. The van der Waals surface area contributed by atoms with Gasteiger partial charge in [-0.15, -0.1) is 0 Å². The van der Waals surface area contributed by atoms with Gasteiger partial charge in [0.15, 0.2) is 0 Å². The first-order chi connectivity index (χ1) is 12.2. The molecule has 126 valence electrons. The molecule has 6 nitrogen and oxygen atoms in total. The number of pyridine rings is 1. The standard InChI is InChI=1S/C19H19N5O/c1-14(16-5-3-2-4-6-16)23-19-21-12-9-17(24-19)18(25)22-13-15-7-10-20-11-8-15/h2-12,14H,13H2,1H3,(H,22,25)(H,21,23,24). The first-order valence-electron chi connectivity index (χ1n) is 8.04. The molecule has 0 bridgehead atoms. The maximum atomic E-state index is 12.3. The molecule has 0 radical (unpaired) electrons. The predicted octanol–water partition coefficient (Wildman–Crippen LogP) is 2.97. The van der Waals surface area contributed by atoms with Gasteiger partial charge >= 0.3 is 0 Å². The molecule has 0 aliphatic carbocycles. The summed E-state index contributed by atoms with van der Waals surface area (Å²) in [6, 6.07) is 15.3. The molecule has 2 aromatic heterocycles. The molecule has 1 aromatic carbocycles. The Morgan fingerprint density at radius 3 is 2.56 bits per heavy atom. The Kier molecular flexibility index (Phi) is 5.31. The number of anilines is 1. The number of carbonyl (C=O) groups excluding carboxylic acids is 1. The van der Waals surface area contributed by atoms with Crippen LogP contribution in [0.1, 0.15) is 34.6 Å². The lowest BCUT2D eigenvalue weighted by atomic mass is 10.1. The highest BCUT2D eigenvalue weighted by molar-refractivity contribution is 5.92. The average molecular weight is 333 g/mol. The van der Waals surface area contributed by atoms with E-state index in [1.54, 1.807) is 24.7 Å². The molecule has 3 aromatic rings. The molecule has 1 unspecified atom stereocenters. The number of hydrogen-bond acceptors (Lipinski definition) is 5. The van der Waals surface area contributed by atoms with Gasteiger partial charge in [0, 0.05) is 25.1 Å². The van der Waals surface area contributed by atoms with Gasteiger partial charge in [0.05, 0.1) is 6.04 Å². The average Bonchev–Trinajstić information content (AvgIpc) is 2.68. The van der Waals surface area contributed by atoms with Gasteiger partial charge in [-0.05, 0) is 36.2 Å². The fourth-order valence-electron chi connectivity index (χ4n) is 2.35. The van der Waals surface area contributed by atoms with Crippen LogP contribution in [0, 0.1) is 0 Å². The van der Waals surface area contributed by atoms with Crippen molar-refractivity contribution in [3.05, 3.63) is 83.9 Å². The summed E-state index contributed by atoms with van der Waals surface area (Å²) in [5.74, 6) is 0.183. The summed E-state index contributed by atoms with van der Waals surface area (Å²) >= 11 is 0. The summed E-state index contributed by atoms with van der Waals surface area (Å²) in [5, 5.41) is 6.06. The monoisotopic (exact) mass is 333 g/mol. The summed E-state index contributed by atoms with van der Waals surface area (Å²) < 4.78 is 0. The van der Waals surface area contributed by atoms with Gasteiger partial charge in [0.25, 0.3) is 5.91 Å². The normalized spacial score (nSPS) is 11.6. The van der Waals surface area contributed by atoms with Gasteiger partial charge in [-0.3, -0.25) is 9.78 Å². The summed E-state index contributed by atoms with van der Waals surface area (Å²) in [6.07, 6.45) is 4.97. The first-order valence-corrected chi connectivity index (χ1v) is 8.04. The first kappa shape index (κ1) is 16.6. The van der Waals surface area contributed by atoms with Crippen molar-refractivity contribution in [2.24, 2.45) is 0 Å². The molecular weight excluding hydrogens is 314 g/mol. The van der Waals surface area contributed by atoms with E-state index in [0.717, 1.165) is 11.1 Å². The van der Waals surface area contributed by atoms with E-state index in [0.29, 0.717) is 18.2 Å². The maximum absolute atomic E-state index is 12.3. The number of rotatable bonds is 6. The molecule has 0 aliphatic rings. The predicted molar refractivity (Wildman–Crippen MR) is 95.9 cm³/mol. The van der Waals surface area contributed by atoms with Crippen LogP contribution < -0.4 is 10.6 Å². The Morgan fingerprint density at radius 1 is 1.04 bits per heavy atom.